The van der Waals surface area contributed by atoms with E-state index in [9.17, 15) is 17.6 Å². The van der Waals surface area contributed by atoms with Crippen molar-refractivity contribution in [1.82, 2.24) is 5.32 Å². The quantitative estimate of drug-likeness (QED) is 0.578. The second-order valence-corrected chi connectivity index (χ2v) is 10.1. The molecular weight excluding hydrogens is 423 g/mol. The highest BCUT2D eigenvalue weighted by atomic mass is 32.2. The maximum absolute atomic E-state index is 14.4. The molecule has 0 saturated carbocycles. The number of hydrogen-bond donors (Lipinski definition) is 1. The molecule has 3 rings (SSSR count). The van der Waals surface area contributed by atoms with E-state index in [0.29, 0.717) is 0 Å². The molecule has 8 heteroatoms. The Hall–Kier alpha value is -2.71. The van der Waals surface area contributed by atoms with E-state index in [4.69, 9.17) is 0 Å². The zero-order chi connectivity index (χ0) is 21.9. The molecule has 0 bridgehead atoms. The van der Waals surface area contributed by atoms with Crippen molar-refractivity contribution in [3.8, 4) is 0 Å². The molecule has 0 unspecified atom stereocenters. The summed E-state index contributed by atoms with van der Waals surface area (Å²) in [5, 5.41) is 4.45. The summed E-state index contributed by atoms with van der Waals surface area (Å²) in [6.45, 7) is 5.24. The Morgan fingerprint density at radius 3 is 2.50 bits per heavy atom. The minimum absolute atomic E-state index is 0.0426. The normalized spacial score (nSPS) is 12.4. The lowest BCUT2D eigenvalue weighted by Crippen LogP contribution is -2.41. The van der Waals surface area contributed by atoms with Crippen LogP contribution < -0.4 is 9.62 Å². The third kappa shape index (κ3) is 4.71. The molecule has 0 aliphatic carbocycles. The van der Waals surface area contributed by atoms with E-state index in [2.05, 4.69) is 5.32 Å². The number of hydrogen-bond acceptors (Lipinski definition) is 4. The number of benzene rings is 2. The first-order chi connectivity index (χ1) is 14.2. The third-order valence-electron chi connectivity index (χ3n) is 4.72. The number of amides is 1. The van der Waals surface area contributed by atoms with Crippen LogP contribution in [0, 0.1) is 19.7 Å². The number of carbonyl (C=O) groups is 1. The summed E-state index contributed by atoms with van der Waals surface area (Å²) in [6, 6.07) is 14.1. The van der Waals surface area contributed by atoms with Gasteiger partial charge in [0.25, 0.3) is 10.0 Å². The number of sulfonamides is 1. The first kappa shape index (κ1) is 22.0. The number of aryl methyl sites for hydroxylation is 2. The molecule has 1 atom stereocenters. The third-order valence-corrected chi connectivity index (χ3v) is 7.85. The van der Waals surface area contributed by atoms with Gasteiger partial charge in [-0.2, -0.15) is 0 Å². The summed E-state index contributed by atoms with van der Waals surface area (Å²) in [4.78, 5) is 12.8. The summed E-state index contributed by atoms with van der Waals surface area (Å²) in [5.74, 6) is -1.24. The monoisotopic (exact) mass is 446 g/mol. The van der Waals surface area contributed by atoms with Crippen LogP contribution in [-0.4, -0.2) is 20.9 Å². The Labute approximate surface area is 180 Å². The Kier molecular flexibility index (Phi) is 6.58. The second-order valence-electron chi connectivity index (χ2n) is 7.04. The maximum atomic E-state index is 14.4. The van der Waals surface area contributed by atoms with Crippen LogP contribution in [0.4, 0.5) is 10.1 Å². The molecule has 0 aliphatic heterocycles. The lowest BCUT2D eigenvalue weighted by molar-refractivity contribution is -0.120. The predicted molar refractivity (Wildman–Crippen MR) is 118 cm³/mol. The van der Waals surface area contributed by atoms with Crippen LogP contribution in [0.2, 0.25) is 0 Å². The number of nitrogens with zero attached hydrogens (tertiary/aromatic N) is 1. The fourth-order valence-electron chi connectivity index (χ4n) is 3.28. The van der Waals surface area contributed by atoms with Gasteiger partial charge in [0.15, 0.2) is 0 Å². The Morgan fingerprint density at radius 1 is 1.13 bits per heavy atom. The molecule has 1 N–H and O–H groups in total. The van der Waals surface area contributed by atoms with Gasteiger partial charge in [-0.15, -0.1) is 11.3 Å². The van der Waals surface area contributed by atoms with E-state index < -0.39 is 28.3 Å². The van der Waals surface area contributed by atoms with Gasteiger partial charge in [-0.25, -0.2) is 12.8 Å². The van der Waals surface area contributed by atoms with E-state index in [-0.39, 0.29) is 15.9 Å². The van der Waals surface area contributed by atoms with Crippen molar-refractivity contribution in [2.24, 2.45) is 0 Å². The molecule has 5 nitrogen and oxygen atoms in total. The summed E-state index contributed by atoms with van der Waals surface area (Å²) in [7, 11) is -4.09. The van der Waals surface area contributed by atoms with Gasteiger partial charge in [0.1, 0.15) is 16.6 Å². The molecule has 1 heterocycles. The average Bonchev–Trinajstić information content (AvgIpc) is 3.22. The van der Waals surface area contributed by atoms with Gasteiger partial charge < -0.3 is 5.32 Å². The number of thiophene rings is 1. The minimum atomic E-state index is -4.09. The van der Waals surface area contributed by atoms with E-state index in [1.54, 1.807) is 11.4 Å². The van der Waals surface area contributed by atoms with E-state index in [1.165, 1.54) is 30.3 Å². The second kappa shape index (κ2) is 8.97. The molecule has 158 valence electrons. The molecule has 0 aliphatic rings. The minimum Gasteiger partial charge on any atom is -0.348 e. The highest BCUT2D eigenvalue weighted by Gasteiger charge is 2.30. The van der Waals surface area contributed by atoms with Crippen LogP contribution in [0.25, 0.3) is 0 Å². The summed E-state index contributed by atoms with van der Waals surface area (Å²) in [5.41, 5.74) is 2.91. The van der Waals surface area contributed by atoms with Crippen molar-refractivity contribution in [3.05, 3.63) is 82.5 Å². The summed E-state index contributed by atoms with van der Waals surface area (Å²) in [6.07, 6.45) is 0. The zero-order valence-electron chi connectivity index (χ0n) is 16.9. The average molecular weight is 447 g/mol. The molecule has 0 spiro atoms. The number of nitrogens with one attached hydrogen (secondary N) is 1. The predicted octanol–water partition coefficient (Wildman–Crippen LogP) is 4.58. The zero-order valence-corrected chi connectivity index (χ0v) is 18.6. The van der Waals surface area contributed by atoms with Crippen molar-refractivity contribution in [1.29, 1.82) is 0 Å². The first-order valence-electron chi connectivity index (χ1n) is 9.37. The largest absolute Gasteiger partial charge is 0.348 e. The van der Waals surface area contributed by atoms with Crippen LogP contribution in [0.15, 0.2) is 64.2 Å². The van der Waals surface area contributed by atoms with E-state index in [0.717, 1.165) is 32.3 Å². The smallest absolute Gasteiger partial charge is 0.274 e. The van der Waals surface area contributed by atoms with Crippen molar-refractivity contribution in [3.63, 3.8) is 0 Å². The molecule has 30 heavy (non-hydrogen) atoms. The molecule has 2 aromatic carbocycles. The van der Waals surface area contributed by atoms with E-state index >= 15 is 0 Å². The molecule has 0 fully saturated rings. The van der Waals surface area contributed by atoms with Gasteiger partial charge in [-0.05, 0) is 55.5 Å². The Bertz CT molecular complexity index is 1140. The Morgan fingerprint density at radius 2 is 1.87 bits per heavy atom. The topological polar surface area (TPSA) is 66.5 Å². The highest BCUT2D eigenvalue weighted by molar-refractivity contribution is 7.94. The van der Waals surface area contributed by atoms with Gasteiger partial charge in [-0.1, -0.05) is 42.0 Å². The fraction of sp³-hybridized carbons (Fsp3) is 0.227. The number of carbonyl (C=O) groups excluding carboxylic acids is 1. The molecule has 1 aromatic heterocycles. The SMILES string of the molecule is Cc1ccc([C@@H](C)NC(=O)CN(c2ccccc2F)S(=O)(=O)c2cccs2)c(C)c1. The van der Waals surface area contributed by atoms with Crippen LogP contribution in [0.3, 0.4) is 0 Å². The summed E-state index contributed by atoms with van der Waals surface area (Å²) < 4.78 is 41.5. The van der Waals surface area contributed by atoms with Crippen molar-refractivity contribution >= 4 is 33.0 Å². The summed E-state index contributed by atoms with van der Waals surface area (Å²) >= 11 is 1.02. The standard InChI is InChI=1S/C22H23FN2O3S2/c1-15-10-11-18(16(2)13-15)17(3)24-21(26)14-25(20-8-5-4-7-19(20)23)30(27,28)22-9-6-12-29-22/h4-13,17H,14H2,1-3H3,(H,24,26)/t17-/m1/s1. The number of para-hydroxylation sites is 1. The van der Waals surface area contributed by atoms with Gasteiger partial charge >= 0.3 is 0 Å². The molecule has 1 amide bonds. The van der Waals surface area contributed by atoms with Crippen LogP contribution in [0.1, 0.15) is 29.7 Å². The lowest BCUT2D eigenvalue weighted by atomic mass is 10.0. The highest BCUT2D eigenvalue weighted by Crippen LogP contribution is 2.28. The van der Waals surface area contributed by atoms with Crippen LogP contribution >= 0.6 is 11.3 Å². The molecule has 3 aromatic rings. The van der Waals surface area contributed by atoms with Crippen LogP contribution in [0.5, 0.6) is 0 Å². The maximum Gasteiger partial charge on any atom is 0.274 e. The lowest BCUT2D eigenvalue weighted by Gasteiger charge is -2.25. The number of rotatable bonds is 7. The van der Waals surface area contributed by atoms with Gasteiger partial charge in [-0.3, -0.25) is 9.10 Å². The molecule has 0 saturated heterocycles. The fourth-order valence-corrected chi connectivity index (χ4v) is 5.81. The van der Waals surface area contributed by atoms with Crippen molar-refractivity contribution < 1.29 is 17.6 Å². The molecular formula is C22H23FN2O3S2. The van der Waals surface area contributed by atoms with Crippen LogP contribution in [-0.2, 0) is 14.8 Å². The van der Waals surface area contributed by atoms with Gasteiger partial charge in [0.2, 0.25) is 5.91 Å². The number of anilines is 1. The molecule has 0 radical (unpaired) electrons. The van der Waals surface area contributed by atoms with Gasteiger partial charge in [0.05, 0.1) is 11.7 Å². The Balaban J connectivity index is 1.88. The number of halogens is 1. The van der Waals surface area contributed by atoms with Crippen molar-refractivity contribution in [2.75, 3.05) is 10.8 Å². The van der Waals surface area contributed by atoms with E-state index in [1.807, 2.05) is 39.0 Å². The van der Waals surface area contributed by atoms with Crippen molar-refractivity contribution in [2.45, 2.75) is 31.0 Å². The first-order valence-corrected chi connectivity index (χ1v) is 11.7. The van der Waals surface area contributed by atoms with Gasteiger partial charge in [0, 0.05) is 0 Å².